The molecule has 0 spiro atoms. The molecule has 22 heavy (non-hydrogen) atoms. The molecule has 5 nitrogen and oxygen atoms in total. The predicted octanol–water partition coefficient (Wildman–Crippen LogP) is 1.70. The predicted molar refractivity (Wildman–Crippen MR) is 87.0 cm³/mol. The zero-order valence-electron chi connectivity index (χ0n) is 13.4. The zero-order chi connectivity index (χ0) is 15.9. The van der Waals surface area contributed by atoms with Gasteiger partial charge >= 0.3 is 5.97 Å². The standard InChI is InChI=1S/C17H23N3O2/c1-4-19-15(17(21)22)7-13-10(2)20(3)16-6-12-9-18-8-11(12)5-14(13)16/h5-6,15,18-19H,4,7-9H2,1-3H3,(H,21,22). The molecule has 0 radical (unpaired) electrons. The van der Waals surface area contributed by atoms with E-state index >= 15 is 0 Å². The average molecular weight is 301 g/mol. The lowest BCUT2D eigenvalue weighted by molar-refractivity contribution is -0.139. The molecule has 2 heterocycles. The van der Waals surface area contributed by atoms with Crippen LogP contribution in [-0.4, -0.2) is 28.2 Å². The third-order valence-electron chi connectivity index (χ3n) is 4.73. The summed E-state index contributed by atoms with van der Waals surface area (Å²) in [5.41, 5.74) is 6.16. The lowest BCUT2D eigenvalue weighted by atomic mass is 9.99. The number of nitrogens with zero attached hydrogens (tertiary/aromatic N) is 1. The van der Waals surface area contributed by atoms with E-state index < -0.39 is 12.0 Å². The van der Waals surface area contributed by atoms with Crippen LogP contribution in [0.3, 0.4) is 0 Å². The van der Waals surface area contributed by atoms with Crippen LogP contribution < -0.4 is 10.6 Å². The van der Waals surface area contributed by atoms with Gasteiger partial charge in [0.25, 0.3) is 0 Å². The van der Waals surface area contributed by atoms with E-state index in [9.17, 15) is 9.90 Å². The molecule has 1 aromatic carbocycles. The first-order valence-corrected chi connectivity index (χ1v) is 7.79. The number of likely N-dealkylation sites (N-methyl/N-ethyl adjacent to an activating group) is 1. The molecule has 1 aromatic heterocycles. The molecule has 0 fully saturated rings. The van der Waals surface area contributed by atoms with Crippen molar-refractivity contribution in [2.75, 3.05) is 6.54 Å². The second kappa shape index (κ2) is 5.74. The van der Waals surface area contributed by atoms with Crippen LogP contribution in [0.2, 0.25) is 0 Å². The minimum absolute atomic E-state index is 0.512. The summed E-state index contributed by atoms with van der Waals surface area (Å²) >= 11 is 0. The third kappa shape index (κ3) is 2.40. The molecule has 3 N–H and O–H groups in total. The van der Waals surface area contributed by atoms with Crippen LogP contribution in [0.15, 0.2) is 12.1 Å². The number of carboxylic acid groups (broad SMARTS) is 1. The molecule has 0 saturated heterocycles. The minimum Gasteiger partial charge on any atom is -0.480 e. The maximum absolute atomic E-state index is 11.5. The number of hydrogen-bond acceptors (Lipinski definition) is 3. The van der Waals surface area contributed by atoms with Crippen molar-refractivity contribution in [1.82, 2.24) is 15.2 Å². The highest BCUT2D eigenvalue weighted by Gasteiger charge is 2.23. The number of carbonyl (C=O) groups is 1. The van der Waals surface area contributed by atoms with Gasteiger partial charge in [0, 0.05) is 43.2 Å². The molecule has 1 aliphatic heterocycles. The Morgan fingerprint density at radius 3 is 2.73 bits per heavy atom. The van der Waals surface area contributed by atoms with E-state index in [1.54, 1.807) is 0 Å². The van der Waals surface area contributed by atoms with Gasteiger partial charge in [0.05, 0.1) is 0 Å². The van der Waals surface area contributed by atoms with Crippen molar-refractivity contribution in [2.24, 2.45) is 7.05 Å². The van der Waals surface area contributed by atoms with E-state index in [0.29, 0.717) is 13.0 Å². The summed E-state index contributed by atoms with van der Waals surface area (Å²) in [6.45, 7) is 6.47. The van der Waals surface area contributed by atoms with Gasteiger partial charge in [0.15, 0.2) is 0 Å². The lowest BCUT2D eigenvalue weighted by Crippen LogP contribution is -2.38. The zero-order valence-corrected chi connectivity index (χ0v) is 13.4. The number of aromatic nitrogens is 1. The normalized spacial score (nSPS) is 15.2. The van der Waals surface area contributed by atoms with Crippen molar-refractivity contribution >= 4 is 16.9 Å². The Hall–Kier alpha value is -1.85. The van der Waals surface area contributed by atoms with Crippen molar-refractivity contribution in [3.05, 3.63) is 34.5 Å². The number of benzene rings is 1. The SMILES string of the molecule is CCNC(Cc1c(C)n(C)c2cc3c(cc12)CNC3)C(=O)O. The maximum Gasteiger partial charge on any atom is 0.321 e. The first-order valence-electron chi connectivity index (χ1n) is 7.79. The number of aryl methyl sites for hydroxylation is 1. The minimum atomic E-state index is -0.791. The molecule has 0 amide bonds. The first kappa shape index (κ1) is 15.1. The van der Waals surface area contributed by atoms with E-state index in [1.807, 2.05) is 6.92 Å². The molecule has 3 rings (SSSR count). The molecule has 5 heteroatoms. The van der Waals surface area contributed by atoms with Crippen molar-refractivity contribution in [2.45, 2.75) is 39.4 Å². The number of nitrogens with one attached hydrogen (secondary N) is 2. The van der Waals surface area contributed by atoms with Crippen LogP contribution in [0.5, 0.6) is 0 Å². The fourth-order valence-electron chi connectivity index (χ4n) is 3.39. The Balaban J connectivity index is 2.08. The van der Waals surface area contributed by atoms with Crippen LogP contribution >= 0.6 is 0 Å². The number of rotatable bonds is 5. The van der Waals surface area contributed by atoms with E-state index in [1.165, 1.54) is 22.0 Å². The smallest absolute Gasteiger partial charge is 0.321 e. The van der Waals surface area contributed by atoms with Crippen LogP contribution in [0, 0.1) is 6.92 Å². The van der Waals surface area contributed by atoms with Gasteiger partial charge in [-0.05, 0) is 42.3 Å². The summed E-state index contributed by atoms with van der Waals surface area (Å²) in [5, 5.41) is 17.0. The van der Waals surface area contributed by atoms with Gasteiger partial charge in [-0.2, -0.15) is 0 Å². The van der Waals surface area contributed by atoms with Crippen LogP contribution in [0.4, 0.5) is 0 Å². The van der Waals surface area contributed by atoms with Gasteiger partial charge in [-0.1, -0.05) is 6.92 Å². The largest absolute Gasteiger partial charge is 0.480 e. The number of hydrogen-bond donors (Lipinski definition) is 3. The Labute approximate surface area is 130 Å². The molecule has 1 unspecified atom stereocenters. The topological polar surface area (TPSA) is 66.3 Å². The second-order valence-electron chi connectivity index (χ2n) is 6.02. The number of fused-ring (bicyclic) bond motifs is 2. The van der Waals surface area contributed by atoms with Gasteiger partial charge < -0.3 is 20.3 Å². The summed E-state index contributed by atoms with van der Waals surface area (Å²) in [5.74, 6) is -0.791. The number of carboxylic acids is 1. The summed E-state index contributed by atoms with van der Waals surface area (Å²) in [4.78, 5) is 11.5. The van der Waals surface area contributed by atoms with E-state index in [4.69, 9.17) is 0 Å². The Kier molecular flexibility index (Phi) is 3.93. The second-order valence-corrected chi connectivity index (χ2v) is 6.02. The Morgan fingerprint density at radius 1 is 1.41 bits per heavy atom. The molecule has 0 aliphatic carbocycles. The van der Waals surface area contributed by atoms with Gasteiger partial charge in [-0.3, -0.25) is 4.79 Å². The third-order valence-corrected chi connectivity index (χ3v) is 4.73. The molecular formula is C17H23N3O2. The van der Waals surface area contributed by atoms with E-state index in [0.717, 1.165) is 24.3 Å². The van der Waals surface area contributed by atoms with Crippen molar-refractivity contribution in [3.63, 3.8) is 0 Å². The van der Waals surface area contributed by atoms with Crippen molar-refractivity contribution in [1.29, 1.82) is 0 Å². The summed E-state index contributed by atoms with van der Waals surface area (Å²) in [6, 6.07) is 3.93. The van der Waals surface area contributed by atoms with Crippen LogP contribution in [-0.2, 0) is 31.4 Å². The van der Waals surface area contributed by atoms with Crippen molar-refractivity contribution in [3.8, 4) is 0 Å². The molecule has 0 saturated carbocycles. The first-order chi connectivity index (χ1) is 10.5. The fraction of sp³-hybridized carbons (Fsp3) is 0.471. The monoisotopic (exact) mass is 301 g/mol. The van der Waals surface area contributed by atoms with Gasteiger partial charge in [0.2, 0.25) is 0 Å². The molecule has 0 bridgehead atoms. The highest BCUT2D eigenvalue weighted by atomic mass is 16.4. The molecule has 1 aliphatic rings. The van der Waals surface area contributed by atoms with Crippen LogP contribution in [0.1, 0.15) is 29.3 Å². The maximum atomic E-state index is 11.5. The highest BCUT2D eigenvalue weighted by Crippen LogP contribution is 2.30. The lowest BCUT2D eigenvalue weighted by Gasteiger charge is -2.13. The quantitative estimate of drug-likeness (QED) is 0.786. The van der Waals surface area contributed by atoms with E-state index in [2.05, 4.69) is 41.3 Å². The average Bonchev–Trinajstić information content (AvgIpc) is 3.03. The van der Waals surface area contributed by atoms with Crippen molar-refractivity contribution < 1.29 is 9.90 Å². The summed E-state index contributed by atoms with van der Waals surface area (Å²) < 4.78 is 2.17. The number of aliphatic carboxylic acids is 1. The molecule has 1 atom stereocenters. The van der Waals surface area contributed by atoms with Gasteiger partial charge in [0.1, 0.15) is 6.04 Å². The molecule has 118 valence electrons. The molecule has 2 aromatic rings. The summed E-state index contributed by atoms with van der Waals surface area (Å²) in [7, 11) is 2.05. The Morgan fingerprint density at radius 2 is 2.09 bits per heavy atom. The van der Waals surface area contributed by atoms with Gasteiger partial charge in [-0.15, -0.1) is 0 Å². The fourth-order valence-corrected chi connectivity index (χ4v) is 3.39. The van der Waals surface area contributed by atoms with E-state index in [-0.39, 0.29) is 0 Å². The molecular weight excluding hydrogens is 278 g/mol. The highest BCUT2D eigenvalue weighted by molar-refractivity contribution is 5.88. The van der Waals surface area contributed by atoms with Gasteiger partial charge in [-0.25, -0.2) is 0 Å². The Bertz CT molecular complexity index is 733. The summed E-state index contributed by atoms with van der Waals surface area (Å²) in [6.07, 6.45) is 0.512. The van der Waals surface area contributed by atoms with Crippen LogP contribution in [0.25, 0.3) is 10.9 Å².